The lowest BCUT2D eigenvalue weighted by Crippen LogP contribution is -2.27. The van der Waals surface area contributed by atoms with E-state index in [0.29, 0.717) is 11.3 Å². The number of ether oxygens (including phenoxy) is 1. The SMILES string of the molecule is COC(=O)c1cccc(S(=O)(=O)N[C@@H](C)c2cnn(-c3ccc(F)cc3)c2C)c1. The molecule has 0 amide bonds. The molecule has 0 fully saturated rings. The highest BCUT2D eigenvalue weighted by Crippen LogP contribution is 2.23. The number of carbonyl (C=O) groups excluding carboxylic acids is 1. The second-order valence-electron chi connectivity index (χ2n) is 6.44. The maximum Gasteiger partial charge on any atom is 0.337 e. The lowest BCUT2D eigenvalue weighted by Gasteiger charge is -2.15. The number of hydrogen-bond donors (Lipinski definition) is 1. The summed E-state index contributed by atoms with van der Waals surface area (Å²) in [5, 5.41) is 4.29. The number of carbonyl (C=O) groups is 1. The first kappa shape index (κ1) is 20.7. The minimum absolute atomic E-state index is 0.0455. The van der Waals surface area contributed by atoms with Crippen molar-refractivity contribution < 1.29 is 22.3 Å². The predicted octanol–water partition coefficient (Wildman–Crippen LogP) is 3.15. The number of sulfonamides is 1. The predicted molar refractivity (Wildman–Crippen MR) is 105 cm³/mol. The van der Waals surface area contributed by atoms with Gasteiger partial charge < -0.3 is 4.74 Å². The molecule has 9 heteroatoms. The average Bonchev–Trinajstić information content (AvgIpc) is 3.09. The number of nitrogens with one attached hydrogen (secondary N) is 1. The van der Waals surface area contributed by atoms with Gasteiger partial charge in [-0.25, -0.2) is 27.0 Å². The number of hydrogen-bond acceptors (Lipinski definition) is 5. The van der Waals surface area contributed by atoms with E-state index < -0.39 is 22.0 Å². The highest BCUT2D eigenvalue weighted by Gasteiger charge is 2.22. The van der Waals surface area contributed by atoms with Crippen LogP contribution in [0.1, 0.15) is 34.6 Å². The summed E-state index contributed by atoms with van der Waals surface area (Å²) in [7, 11) is -2.67. The number of halogens is 1. The van der Waals surface area contributed by atoms with Gasteiger partial charge in [-0.15, -0.1) is 0 Å². The second kappa shape index (κ2) is 8.14. The third-order valence-electron chi connectivity index (χ3n) is 4.48. The smallest absolute Gasteiger partial charge is 0.337 e. The molecule has 1 aromatic heterocycles. The minimum atomic E-state index is -3.89. The molecule has 0 aliphatic heterocycles. The maximum absolute atomic E-state index is 13.1. The normalized spacial score (nSPS) is 12.6. The van der Waals surface area contributed by atoms with Crippen LogP contribution in [0.15, 0.2) is 59.6 Å². The van der Waals surface area contributed by atoms with Crippen molar-refractivity contribution in [1.82, 2.24) is 14.5 Å². The number of esters is 1. The Hall–Kier alpha value is -3.04. The summed E-state index contributed by atoms with van der Waals surface area (Å²) in [6.07, 6.45) is 1.57. The van der Waals surface area contributed by atoms with Crippen molar-refractivity contribution in [2.45, 2.75) is 24.8 Å². The minimum Gasteiger partial charge on any atom is -0.465 e. The van der Waals surface area contributed by atoms with Crippen molar-refractivity contribution in [2.75, 3.05) is 7.11 Å². The standard InChI is InChI=1S/C20H20FN3O4S/c1-13(19-12-22-24(14(19)2)17-9-7-16(21)8-10-17)23-29(26,27)18-6-4-5-15(11-18)20(25)28-3/h4-13,23H,1-3H3/t13-/m0/s1. The largest absolute Gasteiger partial charge is 0.465 e. The van der Waals surface area contributed by atoms with Crippen LogP contribution in [-0.2, 0) is 14.8 Å². The summed E-state index contributed by atoms with van der Waals surface area (Å²) in [5.74, 6) is -0.972. The van der Waals surface area contributed by atoms with Crippen molar-refractivity contribution >= 4 is 16.0 Å². The number of rotatable bonds is 6. The molecule has 7 nitrogen and oxygen atoms in total. The van der Waals surface area contributed by atoms with Gasteiger partial charge in [0.15, 0.2) is 0 Å². The van der Waals surface area contributed by atoms with Crippen molar-refractivity contribution in [2.24, 2.45) is 0 Å². The van der Waals surface area contributed by atoms with E-state index in [9.17, 15) is 17.6 Å². The van der Waals surface area contributed by atoms with Gasteiger partial charge in [0.2, 0.25) is 10.0 Å². The van der Waals surface area contributed by atoms with Crippen molar-refractivity contribution in [3.8, 4) is 5.69 Å². The Bertz CT molecular complexity index is 1140. The van der Waals surface area contributed by atoms with Gasteiger partial charge in [-0.2, -0.15) is 5.10 Å². The number of aromatic nitrogens is 2. The quantitative estimate of drug-likeness (QED) is 0.623. The Morgan fingerprint density at radius 1 is 1.21 bits per heavy atom. The summed E-state index contributed by atoms with van der Waals surface area (Å²) in [5.41, 5.74) is 2.19. The zero-order chi connectivity index (χ0) is 21.2. The fourth-order valence-corrected chi connectivity index (χ4v) is 4.23. The van der Waals surface area contributed by atoms with Crippen LogP contribution in [0, 0.1) is 12.7 Å². The highest BCUT2D eigenvalue weighted by atomic mass is 32.2. The molecule has 3 rings (SSSR count). The molecule has 2 aromatic carbocycles. The Kier molecular flexibility index (Phi) is 5.81. The summed E-state index contributed by atoms with van der Waals surface area (Å²) < 4.78 is 47.5. The van der Waals surface area contributed by atoms with Crippen LogP contribution in [0.5, 0.6) is 0 Å². The molecule has 0 unspecified atom stereocenters. The third kappa shape index (κ3) is 4.36. The van der Waals surface area contributed by atoms with Gasteiger partial charge in [0.25, 0.3) is 0 Å². The average molecular weight is 417 g/mol. The van der Waals surface area contributed by atoms with Crippen molar-refractivity contribution in [3.63, 3.8) is 0 Å². The molecule has 1 heterocycles. The summed E-state index contributed by atoms with van der Waals surface area (Å²) >= 11 is 0. The van der Waals surface area contributed by atoms with Gasteiger partial charge in [-0.05, 0) is 56.3 Å². The highest BCUT2D eigenvalue weighted by molar-refractivity contribution is 7.89. The number of methoxy groups -OCH3 is 1. The summed E-state index contributed by atoms with van der Waals surface area (Å²) in [6.45, 7) is 3.50. The Balaban J connectivity index is 1.86. The van der Waals surface area contributed by atoms with Gasteiger partial charge in [-0.3, -0.25) is 0 Å². The first-order valence-corrected chi connectivity index (χ1v) is 10.2. The maximum atomic E-state index is 13.1. The van der Waals surface area contributed by atoms with Gasteiger partial charge in [0, 0.05) is 17.3 Å². The molecule has 0 spiro atoms. The molecule has 152 valence electrons. The van der Waals surface area contributed by atoms with Crippen LogP contribution in [0.25, 0.3) is 5.69 Å². The zero-order valence-electron chi connectivity index (χ0n) is 16.1. The van der Waals surface area contributed by atoms with Gasteiger partial charge in [-0.1, -0.05) is 6.07 Å². The van der Waals surface area contributed by atoms with Crippen LogP contribution in [0.4, 0.5) is 4.39 Å². The van der Waals surface area contributed by atoms with E-state index in [1.54, 1.807) is 36.9 Å². The fourth-order valence-electron chi connectivity index (χ4n) is 2.96. The van der Waals surface area contributed by atoms with E-state index in [1.165, 1.54) is 43.5 Å². The number of nitrogens with zero attached hydrogens (tertiary/aromatic N) is 2. The molecule has 0 bridgehead atoms. The van der Waals surface area contributed by atoms with Crippen LogP contribution in [-0.4, -0.2) is 31.3 Å². The first-order valence-electron chi connectivity index (χ1n) is 8.74. The summed E-state index contributed by atoms with van der Waals surface area (Å²) in [4.78, 5) is 11.6. The Morgan fingerprint density at radius 3 is 2.55 bits per heavy atom. The van der Waals surface area contributed by atoms with Gasteiger partial charge in [0.1, 0.15) is 5.82 Å². The Labute approximate surface area is 168 Å². The van der Waals surface area contributed by atoms with E-state index in [4.69, 9.17) is 0 Å². The van der Waals surface area contributed by atoms with E-state index in [-0.39, 0.29) is 16.3 Å². The molecule has 0 radical (unpaired) electrons. The van der Waals surface area contributed by atoms with E-state index >= 15 is 0 Å². The topological polar surface area (TPSA) is 90.3 Å². The zero-order valence-corrected chi connectivity index (χ0v) is 16.9. The summed E-state index contributed by atoms with van der Waals surface area (Å²) in [6, 6.07) is 10.9. The lowest BCUT2D eigenvalue weighted by atomic mass is 10.1. The Morgan fingerprint density at radius 2 is 1.90 bits per heavy atom. The van der Waals surface area contributed by atoms with Crippen molar-refractivity contribution in [1.29, 1.82) is 0 Å². The molecule has 3 aromatic rings. The number of benzene rings is 2. The van der Waals surface area contributed by atoms with Gasteiger partial charge >= 0.3 is 5.97 Å². The monoisotopic (exact) mass is 417 g/mol. The molecule has 0 aliphatic rings. The second-order valence-corrected chi connectivity index (χ2v) is 8.15. The fraction of sp³-hybridized carbons (Fsp3) is 0.200. The van der Waals surface area contributed by atoms with E-state index in [1.807, 2.05) is 0 Å². The molecular formula is C20H20FN3O4S. The molecule has 0 saturated carbocycles. The van der Waals surface area contributed by atoms with Crippen LogP contribution >= 0.6 is 0 Å². The van der Waals surface area contributed by atoms with Crippen molar-refractivity contribution in [3.05, 3.63) is 77.4 Å². The van der Waals surface area contributed by atoms with Crippen LogP contribution < -0.4 is 4.72 Å². The molecule has 0 aliphatic carbocycles. The molecule has 29 heavy (non-hydrogen) atoms. The lowest BCUT2D eigenvalue weighted by molar-refractivity contribution is 0.0600. The molecule has 1 atom stereocenters. The van der Waals surface area contributed by atoms with Crippen LogP contribution in [0.2, 0.25) is 0 Å². The van der Waals surface area contributed by atoms with Crippen LogP contribution in [0.3, 0.4) is 0 Å². The van der Waals surface area contributed by atoms with E-state index in [0.717, 1.165) is 5.69 Å². The molecule has 1 N–H and O–H groups in total. The first-order chi connectivity index (χ1) is 13.7. The van der Waals surface area contributed by atoms with Gasteiger partial charge in [0.05, 0.1) is 29.5 Å². The molecule has 0 saturated heterocycles. The molecular weight excluding hydrogens is 397 g/mol. The third-order valence-corrected chi connectivity index (χ3v) is 6.02. The van der Waals surface area contributed by atoms with E-state index in [2.05, 4.69) is 14.6 Å².